The first kappa shape index (κ1) is 16.3. The minimum absolute atomic E-state index is 0.118. The Morgan fingerprint density at radius 2 is 1.77 bits per heavy atom. The summed E-state index contributed by atoms with van der Waals surface area (Å²) in [6.07, 6.45) is 3.71. The van der Waals surface area contributed by atoms with Gasteiger partial charge >= 0.3 is 6.03 Å². The molecule has 2 rings (SSSR count). The van der Waals surface area contributed by atoms with Crippen LogP contribution >= 0.6 is 0 Å². The Bertz CT molecular complexity index is 495. The van der Waals surface area contributed by atoms with E-state index in [4.69, 9.17) is 5.73 Å². The molecule has 1 saturated heterocycles. The second-order valence-corrected chi connectivity index (χ2v) is 5.47. The fourth-order valence-corrected chi connectivity index (χ4v) is 2.48. The van der Waals surface area contributed by atoms with Crippen molar-refractivity contribution in [3.05, 3.63) is 29.8 Å². The highest BCUT2D eigenvalue weighted by atomic mass is 16.2. The molecule has 1 heterocycles. The van der Waals surface area contributed by atoms with Crippen LogP contribution in [-0.2, 0) is 11.3 Å². The Labute approximate surface area is 131 Å². The maximum atomic E-state index is 12.0. The predicted molar refractivity (Wildman–Crippen MR) is 86.4 cm³/mol. The molecule has 120 valence electrons. The van der Waals surface area contributed by atoms with Crippen LogP contribution in [0.2, 0.25) is 0 Å². The quantitative estimate of drug-likeness (QED) is 0.773. The van der Waals surface area contributed by atoms with Crippen molar-refractivity contribution in [2.45, 2.75) is 32.2 Å². The zero-order valence-corrected chi connectivity index (χ0v) is 12.8. The second-order valence-electron chi connectivity index (χ2n) is 5.47. The van der Waals surface area contributed by atoms with Gasteiger partial charge in [0.25, 0.3) is 0 Å². The molecule has 6 nitrogen and oxygen atoms in total. The van der Waals surface area contributed by atoms with E-state index in [0.29, 0.717) is 25.2 Å². The molecule has 1 fully saturated rings. The average molecular weight is 304 g/mol. The number of carbonyl (C=O) groups excluding carboxylic acids is 2. The predicted octanol–water partition coefficient (Wildman–Crippen LogP) is 1.67. The summed E-state index contributed by atoms with van der Waals surface area (Å²) in [5.74, 6) is 0.118. The lowest BCUT2D eigenvalue weighted by Crippen LogP contribution is -2.38. The smallest absolute Gasteiger partial charge is 0.319 e. The van der Waals surface area contributed by atoms with Crippen LogP contribution in [0.4, 0.5) is 10.5 Å². The van der Waals surface area contributed by atoms with E-state index >= 15 is 0 Å². The van der Waals surface area contributed by atoms with Gasteiger partial charge in [-0.1, -0.05) is 12.1 Å². The van der Waals surface area contributed by atoms with Crippen molar-refractivity contribution < 1.29 is 9.59 Å². The molecule has 0 saturated carbocycles. The number of amides is 3. The first-order chi connectivity index (χ1) is 10.7. The van der Waals surface area contributed by atoms with Gasteiger partial charge in [0, 0.05) is 38.3 Å². The van der Waals surface area contributed by atoms with Gasteiger partial charge in [-0.05, 0) is 37.0 Å². The number of carbonyl (C=O) groups is 2. The molecule has 1 aromatic carbocycles. The molecule has 0 spiro atoms. The van der Waals surface area contributed by atoms with Crippen molar-refractivity contribution in [2.24, 2.45) is 5.73 Å². The van der Waals surface area contributed by atoms with E-state index in [0.717, 1.165) is 31.5 Å². The molecule has 3 amide bonds. The normalized spacial score (nSPS) is 14.5. The lowest BCUT2D eigenvalue weighted by molar-refractivity contribution is -0.131. The van der Waals surface area contributed by atoms with E-state index in [2.05, 4.69) is 10.6 Å². The van der Waals surface area contributed by atoms with E-state index in [-0.39, 0.29) is 11.9 Å². The summed E-state index contributed by atoms with van der Waals surface area (Å²) in [4.78, 5) is 25.6. The highest BCUT2D eigenvalue weighted by Crippen LogP contribution is 2.10. The number of nitrogens with two attached hydrogens (primary N) is 1. The Hall–Kier alpha value is -2.08. The number of likely N-dealkylation sites (tertiary alicyclic amines) is 1. The maximum absolute atomic E-state index is 12.0. The van der Waals surface area contributed by atoms with E-state index in [1.807, 2.05) is 17.0 Å². The molecule has 1 aliphatic heterocycles. The minimum atomic E-state index is -0.299. The number of benzene rings is 1. The molecule has 6 heteroatoms. The molecule has 0 atom stereocenters. The van der Waals surface area contributed by atoms with Gasteiger partial charge in [-0.2, -0.15) is 0 Å². The van der Waals surface area contributed by atoms with Gasteiger partial charge in [0.2, 0.25) is 5.91 Å². The monoisotopic (exact) mass is 304 g/mol. The number of rotatable bonds is 5. The molecular formula is C16H24N4O2. The van der Waals surface area contributed by atoms with Crippen molar-refractivity contribution in [1.29, 1.82) is 0 Å². The van der Waals surface area contributed by atoms with Gasteiger partial charge in [-0.25, -0.2) is 4.79 Å². The van der Waals surface area contributed by atoms with Crippen molar-refractivity contribution in [3.8, 4) is 0 Å². The third-order valence-electron chi connectivity index (χ3n) is 3.78. The van der Waals surface area contributed by atoms with Gasteiger partial charge in [-0.3, -0.25) is 4.79 Å². The highest BCUT2D eigenvalue weighted by molar-refractivity contribution is 5.89. The summed E-state index contributed by atoms with van der Waals surface area (Å²) >= 11 is 0. The Kier molecular flexibility index (Phi) is 6.21. The molecule has 1 aromatic rings. The van der Waals surface area contributed by atoms with Crippen molar-refractivity contribution in [2.75, 3.05) is 25.0 Å². The van der Waals surface area contributed by atoms with Gasteiger partial charge in [0.05, 0.1) is 0 Å². The molecule has 0 bridgehead atoms. The molecule has 0 aliphatic carbocycles. The molecule has 4 N–H and O–H groups in total. The fourth-order valence-electron chi connectivity index (χ4n) is 2.48. The standard InChI is InChI=1S/C16H24N4O2/c17-12-13-4-6-14(7-5-13)19-16(22)18-9-8-15(21)20-10-2-1-3-11-20/h4-7H,1-3,8-12,17H2,(H2,18,19,22). The van der Waals surface area contributed by atoms with Crippen LogP contribution in [0.25, 0.3) is 0 Å². The van der Waals surface area contributed by atoms with Crippen LogP contribution in [0, 0.1) is 0 Å². The van der Waals surface area contributed by atoms with Crippen LogP contribution in [0.5, 0.6) is 0 Å². The number of anilines is 1. The number of piperidine rings is 1. The third kappa shape index (κ3) is 5.04. The molecule has 1 aliphatic rings. The largest absolute Gasteiger partial charge is 0.343 e. The SMILES string of the molecule is NCc1ccc(NC(=O)NCCC(=O)N2CCCCC2)cc1. The molecular weight excluding hydrogens is 280 g/mol. The van der Waals surface area contributed by atoms with Crippen LogP contribution in [0.3, 0.4) is 0 Å². The van der Waals surface area contributed by atoms with E-state index in [1.165, 1.54) is 6.42 Å². The summed E-state index contributed by atoms with van der Waals surface area (Å²) in [5.41, 5.74) is 7.24. The van der Waals surface area contributed by atoms with E-state index in [9.17, 15) is 9.59 Å². The van der Waals surface area contributed by atoms with Crippen molar-refractivity contribution in [3.63, 3.8) is 0 Å². The first-order valence-electron chi connectivity index (χ1n) is 7.80. The van der Waals surface area contributed by atoms with Crippen molar-refractivity contribution in [1.82, 2.24) is 10.2 Å². The first-order valence-corrected chi connectivity index (χ1v) is 7.80. The number of hydrogen-bond donors (Lipinski definition) is 3. The Balaban J connectivity index is 1.67. The van der Waals surface area contributed by atoms with Crippen LogP contribution in [0.1, 0.15) is 31.2 Å². The third-order valence-corrected chi connectivity index (χ3v) is 3.78. The van der Waals surface area contributed by atoms with Gasteiger partial charge in [-0.15, -0.1) is 0 Å². The minimum Gasteiger partial charge on any atom is -0.343 e. The second kappa shape index (κ2) is 8.38. The summed E-state index contributed by atoms with van der Waals surface area (Å²) < 4.78 is 0. The van der Waals surface area contributed by atoms with Gasteiger partial charge in [0.1, 0.15) is 0 Å². The van der Waals surface area contributed by atoms with Crippen molar-refractivity contribution >= 4 is 17.6 Å². The molecule has 22 heavy (non-hydrogen) atoms. The summed E-state index contributed by atoms with van der Waals surface area (Å²) in [5, 5.41) is 5.44. The Morgan fingerprint density at radius 1 is 1.09 bits per heavy atom. The summed E-state index contributed by atoms with van der Waals surface area (Å²) in [6.45, 7) is 2.52. The Morgan fingerprint density at radius 3 is 2.41 bits per heavy atom. The number of nitrogens with one attached hydrogen (secondary N) is 2. The lowest BCUT2D eigenvalue weighted by atomic mass is 10.1. The topological polar surface area (TPSA) is 87.5 Å². The van der Waals surface area contributed by atoms with Gasteiger partial charge < -0.3 is 21.3 Å². The number of nitrogens with zero attached hydrogens (tertiary/aromatic N) is 1. The summed E-state index contributed by atoms with van der Waals surface area (Å²) in [7, 11) is 0. The molecule has 0 radical (unpaired) electrons. The maximum Gasteiger partial charge on any atom is 0.319 e. The number of hydrogen-bond acceptors (Lipinski definition) is 3. The van der Waals surface area contributed by atoms with Crippen LogP contribution in [0.15, 0.2) is 24.3 Å². The van der Waals surface area contributed by atoms with Crippen LogP contribution in [-0.4, -0.2) is 36.5 Å². The fraction of sp³-hybridized carbons (Fsp3) is 0.500. The lowest BCUT2D eigenvalue weighted by Gasteiger charge is -2.26. The van der Waals surface area contributed by atoms with Gasteiger partial charge in [0.15, 0.2) is 0 Å². The molecule has 0 aromatic heterocycles. The zero-order valence-electron chi connectivity index (χ0n) is 12.8. The average Bonchev–Trinajstić information content (AvgIpc) is 2.56. The van der Waals surface area contributed by atoms with E-state index in [1.54, 1.807) is 12.1 Å². The molecule has 0 unspecified atom stereocenters. The highest BCUT2D eigenvalue weighted by Gasteiger charge is 2.16. The number of urea groups is 1. The zero-order chi connectivity index (χ0) is 15.8. The van der Waals surface area contributed by atoms with Crippen LogP contribution < -0.4 is 16.4 Å². The van der Waals surface area contributed by atoms with E-state index < -0.39 is 0 Å². The summed E-state index contributed by atoms with van der Waals surface area (Å²) in [6, 6.07) is 7.05.